The first-order chi connectivity index (χ1) is 11.3. The van der Waals surface area contributed by atoms with E-state index in [-0.39, 0.29) is 34.7 Å². The molecular formula is C16H15ClN2O4S. The molecule has 1 amide bonds. The number of ether oxygens (including phenoxy) is 1. The van der Waals surface area contributed by atoms with Gasteiger partial charge in [-0.05, 0) is 18.6 Å². The van der Waals surface area contributed by atoms with Crippen LogP contribution in [0.15, 0.2) is 41.3 Å². The summed E-state index contributed by atoms with van der Waals surface area (Å²) in [4.78, 5) is 11.2. The number of rotatable bonds is 4. The Labute approximate surface area is 144 Å². The SMILES string of the molecule is Cc1cccc(CNS(=O)(=O)c2cc3c(cc2Cl)NC(=O)CO3)c1. The van der Waals surface area contributed by atoms with Crippen molar-refractivity contribution in [2.45, 2.75) is 18.4 Å². The number of anilines is 1. The van der Waals surface area contributed by atoms with Gasteiger partial charge in [0, 0.05) is 12.6 Å². The fraction of sp³-hybridized carbons (Fsp3) is 0.188. The van der Waals surface area contributed by atoms with E-state index >= 15 is 0 Å². The average Bonchev–Trinajstić information content (AvgIpc) is 2.52. The van der Waals surface area contributed by atoms with E-state index in [0.717, 1.165) is 11.1 Å². The summed E-state index contributed by atoms with van der Waals surface area (Å²) < 4.78 is 32.8. The van der Waals surface area contributed by atoms with Crippen molar-refractivity contribution in [2.24, 2.45) is 0 Å². The van der Waals surface area contributed by atoms with Crippen molar-refractivity contribution in [1.82, 2.24) is 4.72 Å². The normalized spacial score (nSPS) is 13.8. The molecule has 0 atom stereocenters. The fourth-order valence-electron chi connectivity index (χ4n) is 2.37. The smallest absolute Gasteiger partial charge is 0.262 e. The first-order valence-electron chi connectivity index (χ1n) is 7.16. The van der Waals surface area contributed by atoms with Crippen LogP contribution in [0.25, 0.3) is 0 Å². The molecule has 2 aromatic rings. The van der Waals surface area contributed by atoms with Gasteiger partial charge in [0.2, 0.25) is 10.0 Å². The third-order valence-corrected chi connectivity index (χ3v) is 5.37. The van der Waals surface area contributed by atoms with E-state index in [1.165, 1.54) is 12.1 Å². The van der Waals surface area contributed by atoms with E-state index in [2.05, 4.69) is 10.0 Å². The summed E-state index contributed by atoms with van der Waals surface area (Å²) in [6.45, 7) is 1.92. The van der Waals surface area contributed by atoms with Crippen molar-refractivity contribution >= 4 is 33.2 Å². The number of amides is 1. The summed E-state index contributed by atoms with van der Waals surface area (Å²) in [6.07, 6.45) is 0. The minimum atomic E-state index is -3.82. The molecule has 0 saturated heterocycles. The van der Waals surface area contributed by atoms with Crippen LogP contribution in [0.1, 0.15) is 11.1 Å². The predicted molar refractivity (Wildman–Crippen MR) is 90.8 cm³/mol. The maximum atomic E-state index is 12.5. The van der Waals surface area contributed by atoms with Crippen molar-refractivity contribution in [3.63, 3.8) is 0 Å². The molecule has 3 rings (SSSR count). The fourth-order valence-corrected chi connectivity index (χ4v) is 3.92. The van der Waals surface area contributed by atoms with Gasteiger partial charge in [0.05, 0.1) is 10.7 Å². The van der Waals surface area contributed by atoms with Crippen LogP contribution >= 0.6 is 11.6 Å². The number of sulfonamides is 1. The van der Waals surface area contributed by atoms with Gasteiger partial charge in [-0.15, -0.1) is 0 Å². The average molecular weight is 367 g/mol. The Kier molecular flexibility index (Phi) is 4.49. The van der Waals surface area contributed by atoms with Gasteiger partial charge >= 0.3 is 0 Å². The molecule has 0 radical (unpaired) electrons. The second-order valence-corrected chi connectivity index (χ2v) is 7.57. The summed E-state index contributed by atoms with van der Waals surface area (Å²) in [7, 11) is -3.82. The Morgan fingerprint density at radius 1 is 1.29 bits per heavy atom. The number of halogens is 1. The largest absolute Gasteiger partial charge is 0.482 e. The minimum absolute atomic E-state index is 0.0105. The second kappa shape index (κ2) is 6.43. The third-order valence-electron chi connectivity index (χ3n) is 3.51. The number of carbonyl (C=O) groups excluding carboxylic acids is 1. The van der Waals surface area contributed by atoms with Crippen LogP contribution in [0.3, 0.4) is 0 Å². The van der Waals surface area contributed by atoms with E-state index < -0.39 is 10.0 Å². The molecule has 0 aliphatic carbocycles. The highest BCUT2D eigenvalue weighted by atomic mass is 35.5. The molecule has 6 nitrogen and oxygen atoms in total. The van der Waals surface area contributed by atoms with Crippen LogP contribution in [0.4, 0.5) is 5.69 Å². The summed E-state index contributed by atoms with van der Waals surface area (Å²) >= 11 is 6.07. The zero-order valence-electron chi connectivity index (χ0n) is 12.8. The summed E-state index contributed by atoms with van der Waals surface area (Å²) in [6, 6.07) is 10.2. The lowest BCUT2D eigenvalue weighted by molar-refractivity contribution is -0.118. The van der Waals surface area contributed by atoms with Gasteiger partial charge in [-0.25, -0.2) is 13.1 Å². The Hall–Kier alpha value is -2.09. The van der Waals surface area contributed by atoms with Crippen LogP contribution in [0.5, 0.6) is 5.75 Å². The number of hydrogen-bond donors (Lipinski definition) is 2. The topological polar surface area (TPSA) is 84.5 Å². The Balaban J connectivity index is 1.85. The number of nitrogens with one attached hydrogen (secondary N) is 2. The molecule has 0 unspecified atom stereocenters. The number of hydrogen-bond acceptors (Lipinski definition) is 4. The Morgan fingerprint density at radius 3 is 2.83 bits per heavy atom. The van der Waals surface area contributed by atoms with Crippen molar-refractivity contribution in [3.05, 3.63) is 52.5 Å². The van der Waals surface area contributed by atoms with Crippen molar-refractivity contribution in [3.8, 4) is 5.75 Å². The third kappa shape index (κ3) is 3.53. The second-order valence-electron chi connectivity index (χ2n) is 5.43. The standard InChI is InChI=1S/C16H15ClN2O4S/c1-10-3-2-4-11(5-10)8-18-24(21,22)15-7-14-13(6-12(15)17)19-16(20)9-23-14/h2-7,18H,8-9H2,1H3,(H,19,20). The number of carbonyl (C=O) groups is 1. The van der Waals surface area contributed by atoms with Crippen molar-refractivity contribution in [1.29, 1.82) is 0 Å². The summed E-state index contributed by atoms with van der Waals surface area (Å²) in [5.41, 5.74) is 2.24. The Bertz CT molecular complexity index is 912. The molecule has 0 bridgehead atoms. The van der Waals surface area contributed by atoms with E-state index in [0.29, 0.717) is 5.69 Å². The first kappa shape index (κ1) is 16.8. The Morgan fingerprint density at radius 2 is 2.08 bits per heavy atom. The van der Waals surface area contributed by atoms with Crippen LogP contribution in [0, 0.1) is 6.92 Å². The molecule has 126 valence electrons. The van der Waals surface area contributed by atoms with Gasteiger partial charge in [0.15, 0.2) is 6.61 Å². The monoisotopic (exact) mass is 366 g/mol. The lowest BCUT2D eigenvalue weighted by Gasteiger charge is -2.19. The molecule has 0 saturated carbocycles. The number of benzene rings is 2. The maximum Gasteiger partial charge on any atom is 0.262 e. The minimum Gasteiger partial charge on any atom is -0.482 e. The molecule has 2 aromatic carbocycles. The van der Waals surface area contributed by atoms with Crippen LogP contribution < -0.4 is 14.8 Å². The van der Waals surface area contributed by atoms with Crippen molar-refractivity contribution < 1.29 is 17.9 Å². The highest BCUT2D eigenvalue weighted by Gasteiger charge is 2.24. The molecule has 0 fully saturated rings. The molecule has 1 aliphatic heterocycles. The first-order valence-corrected chi connectivity index (χ1v) is 9.03. The maximum absolute atomic E-state index is 12.5. The zero-order valence-corrected chi connectivity index (χ0v) is 14.4. The van der Waals surface area contributed by atoms with Gasteiger partial charge < -0.3 is 10.1 Å². The van der Waals surface area contributed by atoms with Gasteiger partial charge in [-0.2, -0.15) is 0 Å². The quantitative estimate of drug-likeness (QED) is 0.870. The van der Waals surface area contributed by atoms with E-state index in [9.17, 15) is 13.2 Å². The molecule has 0 aromatic heterocycles. The lowest BCUT2D eigenvalue weighted by atomic mass is 10.1. The molecule has 1 aliphatic rings. The van der Waals surface area contributed by atoms with E-state index in [1.54, 1.807) is 0 Å². The molecule has 8 heteroatoms. The number of fused-ring (bicyclic) bond motifs is 1. The van der Waals surface area contributed by atoms with Crippen molar-refractivity contribution in [2.75, 3.05) is 11.9 Å². The lowest BCUT2D eigenvalue weighted by Crippen LogP contribution is -2.27. The van der Waals surface area contributed by atoms with Gasteiger partial charge in [0.25, 0.3) is 5.91 Å². The summed E-state index contributed by atoms with van der Waals surface area (Å²) in [5, 5.41) is 2.59. The molecule has 0 spiro atoms. The van der Waals surface area contributed by atoms with Crippen LogP contribution in [-0.4, -0.2) is 20.9 Å². The zero-order chi connectivity index (χ0) is 17.3. The highest BCUT2D eigenvalue weighted by Crippen LogP contribution is 2.35. The van der Waals surface area contributed by atoms with E-state index in [1.807, 2.05) is 31.2 Å². The number of aryl methyl sites for hydroxylation is 1. The predicted octanol–water partition coefficient (Wildman–Crippen LogP) is 2.46. The van der Waals surface area contributed by atoms with Gasteiger partial charge in [0.1, 0.15) is 10.6 Å². The molecule has 1 heterocycles. The van der Waals surface area contributed by atoms with Crippen LogP contribution in [-0.2, 0) is 21.4 Å². The molecular weight excluding hydrogens is 352 g/mol. The highest BCUT2D eigenvalue weighted by molar-refractivity contribution is 7.89. The van der Waals surface area contributed by atoms with Gasteiger partial charge in [-0.1, -0.05) is 41.4 Å². The van der Waals surface area contributed by atoms with Gasteiger partial charge in [-0.3, -0.25) is 4.79 Å². The molecule has 2 N–H and O–H groups in total. The summed E-state index contributed by atoms with van der Waals surface area (Å²) in [5.74, 6) is -0.0401. The van der Waals surface area contributed by atoms with Crippen LogP contribution in [0.2, 0.25) is 5.02 Å². The van der Waals surface area contributed by atoms with E-state index in [4.69, 9.17) is 16.3 Å². The molecule has 24 heavy (non-hydrogen) atoms.